The van der Waals surface area contributed by atoms with Crippen molar-refractivity contribution in [3.63, 3.8) is 0 Å². The van der Waals surface area contributed by atoms with Gasteiger partial charge in [-0.15, -0.1) is 0 Å². The number of aryl methyl sites for hydroxylation is 1. The Morgan fingerprint density at radius 3 is 2.63 bits per heavy atom. The SMILES string of the molecule is COc1ccc(C#N)c(Nc2ccc(F)c(C)c2)c1. The monoisotopic (exact) mass is 256 g/mol. The maximum absolute atomic E-state index is 13.2. The molecule has 0 saturated heterocycles. The first-order valence-electron chi connectivity index (χ1n) is 5.75. The highest BCUT2D eigenvalue weighted by Crippen LogP contribution is 2.26. The molecule has 96 valence electrons. The van der Waals surface area contributed by atoms with E-state index in [0.717, 1.165) is 5.69 Å². The van der Waals surface area contributed by atoms with Crippen LogP contribution in [0.25, 0.3) is 0 Å². The van der Waals surface area contributed by atoms with Crippen molar-refractivity contribution in [2.24, 2.45) is 0 Å². The van der Waals surface area contributed by atoms with E-state index in [0.29, 0.717) is 22.6 Å². The van der Waals surface area contributed by atoms with Crippen LogP contribution in [0.3, 0.4) is 0 Å². The molecule has 0 amide bonds. The normalized spacial score (nSPS) is 9.79. The Labute approximate surface area is 111 Å². The first-order chi connectivity index (χ1) is 9.13. The third kappa shape index (κ3) is 2.83. The second kappa shape index (κ2) is 5.40. The molecule has 19 heavy (non-hydrogen) atoms. The molecule has 0 aliphatic rings. The summed E-state index contributed by atoms with van der Waals surface area (Å²) in [5, 5.41) is 12.2. The van der Waals surface area contributed by atoms with Crippen molar-refractivity contribution in [1.29, 1.82) is 5.26 Å². The van der Waals surface area contributed by atoms with Crippen LogP contribution < -0.4 is 10.1 Å². The lowest BCUT2D eigenvalue weighted by Crippen LogP contribution is -1.96. The molecule has 0 heterocycles. The van der Waals surface area contributed by atoms with Crippen molar-refractivity contribution in [2.45, 2.75) is 6.92 Å². The van der Waals surface area contributed by atoms with Crippen molar-refractivity contribution in [3.05, 3.63) is 53.3 Å². The lowest BCUT2D eigenvalue weighted by Gasteiger charge is -2.10. The van der Waals surface area contributed by atoms with E-state index < -0.39 is 0 Å². The van der Waals surface area contributed by atoms with E-state index in [2.05, 4.69) is 11.4 Å². The molecular formula is C15H13FN2O. The minimum Gasteiger partial charge on any atom is -0.497 e. The summed E-state index contributed by atoms with van der Waals surface area (Å²) in [5.41, 5.74) is 2.41. The third-order valence-electron chi connectivity index (χ3n) is 2.78. The second-order valence-corrected chi connectivity index (χ2v) is 4.11. The molecule has 3 nitrogen and oxygen atoms in total. The summed E-state index contributed by atoms with van der Waals surface area (Å²) in [6, 6.07) is 11.9. The Morgan fingerprint density at radius 1 is 1.21 bits per heavy atom. The first-order valence-corrected chi connectivity index (χ1v) is 5.75. The summed E-state index contributed by atoms with van der Waals surface area (Å²) < 4.78 is 18.3. The highest BCUT2D eigenvalue weighted by Gasteiger charge is 2.05. The van der Waals surface area contributed by atoms with Gasteiger partial charge in [0.2, 0.25) is 0 Å². The smallest absolute Gasteiger partial charge is 0.126 e. The zero-order chi connectivity index (χ0) is 13.8. The molecule has 4 heteroatoms. The molecular weight excluding hydrogens is 243 g/mol. The van der Waals surface area contributed by atoms with Gasteiger partial charge in [-0.1, -0.05) is 0 Å². The summed E-state index contributed by atoms with van der Waals surface area (Å²) in [5.74, 6) is 0.400. The third-order valence-corrected chi connectivity index (χ3v) is 2.78. The number of benzene rings is 2. The van der Waals surface area contributed by atoms with Gasteiger partial charge in [0, 0.05) is 11.8 Å². The Morgan fingerprint density at radius 2 is 2.00 bits per heavy atom. The quantitative estimate of drug-likeness (QED) is 0.909. The fourth-order valence-corrected chi connectivity index (χ4v) is 1.73. The Bertz CT molecular complexity index is 647. The molecule has 0 fully saturated rings. The highest BCUT2D eigenvalue weighted by atomic mass is 19.1. The predicted octanol–water partition coefficient (Wildman–Crippen LogP) is 3.76. The van der Waals surface area contributed by atoms with Crippen LogP contribution >= 0.6 is 0 Å². The van der Waals surface area contributed by atoms with E-state index >= 15 is 0 Å². The van der Waals surface area contributed by atoms with Crippen LogP contribution in [0.5, 0.6) is 5.75 Å². The van der Waals surface area contributed by atoms with E-state index in [1.807, 2.05) is 0 Å². The lowest BCUT2D eigenvalue weighted by molar-refractivity contribution is 0.415. The Kier molecular flexibility index (Phi) is 3.67. The molecule has 2 aromatic rings. The van der Waals surface area contributed by atoms with Crippen LogP contribution in [-0.4, -0.2) is 7.11 Å². The maximum atomic E-state index is 13.2. The van der Waals surface area contributed by atoms with Gasteiger partial charge in [0.05, 0.1) is 18.4 Å². The molecule has 0 aliphatic carbocycles. The van der Waals surface area contributed by atoms with Gasteiger partial charge in [0.25, 0.3) is 0 Å². The highest BCUT2D eigenvalue weighted by molar-refractivity contribution is 5.68. The van der Waals surface area contributed by atoms with Gasteiger partial charge in [-0.05, 0) is 42.8 Å². The van der Waals surface area contributed by atoms with E-state index in [9.17, 15) is 4.39 Å². The summed E-state index contributed by atoms with van der Waals surface area (Å²) in [6.07, 6.45) is 0. The second-order valence-electron chi connectivity index (χ2n) is 4.11. The van der Waals surface area contributed by atoms with E-state index in [4.69, 9.17) is 10.00 Å². The van der Waals surface area contributed by atoms with Crippen LogP contribution in [0.1, 0.15) is 11.1 Å². The molecule has 0 radical (unpaired) electrons. The van der Waals surface area contributed by atoms with Gasteiger partial charge in [-0.3, -0.25) is 0 Å². The number of hydrogen-bond donors (Lipinski definition) is 1. The average molecular weight is 256 g/mol. The minimum atomic E-state index is -0.253. The summed E-state index contributed by atoms with van der Waals surface area (Å²) >= 11 is 0. The number of nitriles is 1. The molecule has 0 aliphatic heterocycles. The van der Waals surface area contributed by atoms with Crippen molar-refractivity contribution < 1.29 is 9.13 Å². The molecule has 0 bridgehead atoms. The van der Waals surface area contributed by atoms with Gasteiger partial charge in [0.1, 0.15) is 17.6 Å². The van der Waals surface area contributed by atoms with Gasteiger partial charge >= 0.3 is 0 Å². The minimum absolute atomic E-state index is 0.253. The Hall–Kier alpha value is -2.54. The number of nitrogens with zero attached hydrogens (tertiary/aromatic N) is 1. The number of hydrogen-bond acceptors (Lipinski definition) is 3. The van der Waals surface area contributed by atoms with Crippen LogP contribution in [0.15, 0.2) is 36.4 Å². The standard InChI is InChI=1S/C15H13FN2O/c1-10-7-12(4-6-14(10)16)18-15-8-13(19-2)5-3-11(15)9-17/h3-8,18H,1-2H3. The average Bonchev–Trinajstić information content (AvgIpc) is 2.43. The fraction of sp³-hybridized carbons (Fsp3) is 0.133. The molecule has 0 atom stereocenters. The lowest BCUT2D eigenvalue weighted by atomic mass is 10.1. The molecule has 0 spiro atoms. The summed E-state index contributed by atoms with van der Waals surface area (Å²) in [6.45, 7) is 1.69. The van der Waals surface area contributed by atoms with Gasteiger partial charge in [-0.2, -0.15) is 5.26 Å². The summed E-state index contributed by atoms with van der Waals surface area (Å²) in [4.78, 5) is 0. The molecule has 2 aromatic carbocycles. The number of methoxy groups -OCH3 is 1. The molecule has 0 aromatic heterocycles. The van der Waals surface area contributed by atoms with Gasteiger partial charge in [-0.25, -0.2) is 4.39 Å². The largest absolute Gasteiger partial charge is 0.497 e. The van der Waals surface area contributed by atoms with Gasteiger partial charge in [0.15, 0.2) is 0 Å². The zero-order valence-electron chi connectivity index (χ0n) is 10.7. The van der Waals surface area contributed by atoms with Crippen molar-refractivity contribution in [2.75, 3.05) is 12.4 Å². The predicted molar refractivity (Wildman–Crippen MR) is 72.1 cm³/mol. The van der Waals surface area contributed by atoms with E-state index in [1.165, 1.54) is 6.07 Å². The van der Waals surface area contributed by atoms with Gasteiger partial charge < -0.3 is 10.1 Å². The number of halogens is 1. The topological polar surface area (TPSA) is 45.0 Å². The Balaban J connectivity index is 2.36. The molecule has 0 unspecified atom stereocenters. The number of anilines is 2. The van der Waals surface area contributed by atoms with E-state index in [1.54, 1.807) is 44.4 Å². The van der Waals surface area contributed by atoms with Crippen molar-refractivity contribution in [1.82, 2.24) is 0 Å². The van der Waals surface area contributed by atoms with Crippen LogP contribution in [-0.2, 0) is 0 Å². The van der Waals surface area contributed by atoms with Crippen molar-refractivity contribution >= 4 is 11.4 Å². The first kappa shape index (κ1) is 12.9. The molecule has 0 saturated carbocycles. The molecule has 1 N–H and O–H groups in total. The fourth-order valence-electron chi connectivity index (χ4n) is 1.73. The number of rotatable bonds is 3. The summed E-state index contributed by atoms with van der Waals surface area (Å²) in [7, 11) is 1.56. The van der Waals surface area contributed by atoms with Crippen LogP contribution in [0.2, 0.25) is 0 Å². The zero-order valence-corrected chi connectivity index (χ0v) is 10.7. The van der Waals surface area contributed by atoms with Crippen LogP contribution in [0.4, 0.5) is 15.8 Å². The maximum Gasteiger partial charge on any atom is 0.126 e. The van der Waals surface area contributed by atoms with Crippen LogP contribution in [0, 0.1) is 24.1 Å². The number of ether oxygens (including phenoxy) is 1. The molecule has 2 rings (SSSR count). The van der Waals surface area contributed by atoms with E-state index in [-0.39, 0.29) is 5.82 Å². The number of nitrogens with one attached hydrogen (secondary N) is 1. The van der Waals surface area contributed by atoms with Crippen molar-refractivity contribution in [3.8, 4) is 11.8 Å².